The molecule has 0 unspecified atom stereocenters. The molecule has 3 aliphatic rings. The Morgan fingerprint density at radius 3 is 2.65 bits per heavy atom. The number of aryl methyl sites for hydroxylation is 1. The summed E-state index contributed by atoms with van der Waals surface area (Å²) in [6, 6.07) is 11.7. The average molecular weight is 513 g/mol. The average Bonchev–Trinajstić information content (AvgIpc) is 3.50. The van der Waals surface area contributed by atoms with Crippen molar-refractivity contribution in [2.24, 2.45) is 5.41 Å². The number of piperidine rings is 1. The van der Waals surface area contributed by atoms with Crippen molar-refractivity contribution in [2.45, 2.75) is 51.4 Å². The zero-order valence-corrected chi connectivity index (χ0v) is 21.6. The van der Waals surface area contributed by atoms with Crippen LogP contribution in [0.5, 0.6) is 0 Å². The van der Waals surface area contributed by atoms with Gasteiger partial charge in [-0.25, -0.2) is 14.8 Å². The molecule has 188 valence electrons. The highest BCUT2D eigenvalue weighted by molar-refractivity contribution is 7.21. The Hall–Kier alpha value is -3.52. The van der Waals surface area contributed by atoms with Crippen molar-refractivity contribution in [3.8, 4) is 11.3 Å². The molecule has 4 heterocycles. The summed E-state index contributed by atoms with van der Waals surface area (Å²) in [6.07, 6.45) is 9.30. The lowest BCUT2D eigenvalue weighted by atomic mass is 9.60. The maximum absolute atomic E-state index is 11.2. The van der Waals surface area contributed by atoms with Crippen molar-refractivity contribution < 1.29 is 14.4 Å². The fourth-order valence-corrected chi connectivity index (χ4v) is 6.92. The van der Waals surface area contributed by atoms with Crippen molar-refractivity contribution in [3.05, 3.63) is 64.6 Å². The topological polar surface area (TPSA) is 92.4 Å². The van der Waals surface area contributed by atoms with Crippen LogP contribution in [-0.2, 0) is 0 Å². The summed E-state index contributed by atoms with van der Waals surface area (Å²) in [5.41, 5.74) is 7.26. The van der Waals surface area contributed by atoms with Crippen LogP contribution in [-0.4, -0.2) is 39.3 Å². The Morgan fingerprint density at radius 1 is 1.14 bits per heavy atom. The molecule has 8 heteroatoms. The van der Waals surface area contributed by atoms with E-state index in [1.54, 1.807) is 6.07 Å². The number of aromatic carboxylic acids is 1. The van der Waals surface area contributed by atoms with Gasteiger partial charge >= 0.3 is 5.97 Å². The summed E-state index contributed by atoms with van der Waals surface area (Å²) < 4.78 is 5.90. The fourth-order valence-electron chi connectivity index (χ4n) is 5.93. The summed E-state index contributed by atoms with van der Waals surface area (Å²) in [6.45, 7) is 4.07. The lowest BCUT2D eigenvalue weighted by molar-refractivity contribution is 0.0691. The van der Waals surface area contributed by atoms with E-state index in [9.17, 15) is 9.90 Å². The molecule has 4 aromatic rings. The second kappa shape index (κ2) is 8.52. The molecule has 0 radical (unpaired) electrons. The maximum atomic E-state index is 11.2. The zero-order valence-electron chi connectivity index (χ0n) is 20.7. The molecule has 1 aromatic carbocycles. The number of benzene rings is 1. The molecule has 2 aliphatic carbocycles. The second-order valence-electron chi connectivity index (χ2n) is 10.9. The minimum Gasteiger partial charge on any atom is -0.477 e. The van der Waals surface area contributed by atoms with Crippen LogP contribution in [0, 0.1) is 12.3 Å². The number of thiazole rings is 1. The Bertz CT molecular complexity index is 1550. The number of carboxylic acids is 1. The van der Waals surface area contributed by atoms with E-state index in [4.69, 9.17) is 9.51 Å². The molecule has 0 atom stereocenters. The number of nitrogens with zero attached hydrogens (tertiary/aromatic N) is 4. The van der Waals surface area contributed by atoms with Crippen LogP contribution in [0.3, 0.4) is 0 Å². The van der Waals surface area contributed by atoms with E-state index in [-0.39, 0.29) is 5.69 Å². The van der Waals surface area contributed by atoms with Crippen molar-refractivity contribution in [2.75, 3.05) is 18.0 Å². The Kier molecular flexibility index (Phi) is 5.22. The van der Waals surface area contributed by atoms with Gasteiger partial charge in [0.25, 0.3) is 0 Å². The summed E-state index contributed by atoms with van der Waals surface area (Å²) in [5, 5.41) is 14.7. The lowest BCUT2D eigenvalue weighted by Crippen LogP contribution is -2.44. The summed E-state index contributed by atoms with van der Waals surface area (Å²) in [5.74, 6) is 0.577. The van der Waals surface area contributed by atoms with Gasteiger partial charge in [-0.05, 0) is 74.6 Å². The van der Waals surface area contributed by atoms with Crippen molar-refractivity contribution in [1.82, 2.24) is 15.1 Å². The van der Waals surface area contributed by atoms with Gasteiger partial charge in [0, 0.05) is 30.1 Å². The molecule has 1 saturated heterocycles. The van der Waals surface area contributed by atoms with Crippen molar-refractivity contribution in [1.29, 1.82) is 0 Å². The van der Waals surface area contributed by atoms with E-state index in [1.165, 1.54) is 46.9 Å². The van der Waals surface area contributed by atoms with Gasteiger partial charge in [-0.15, -0.1) is 0 Å². The summed E-state index contributed by atoms with van der Waals surface area (Å²) in [4.78, 5) is 23.3. The first-order valence-electron chi connectivity index (χ1n) is 13.0. The molecule has 3 fully saturated rings. The van der Waals surface area contributed by atoms with E-state index in [2.05, 4.69) is 52.3 Å². The Labute approximate surface area is 218 Å². The number of pyridine rings is 1. The predicted molar refractivity (Wildman–Crippen MR) is 144 cm³/mol. The molecule has 1 N–H and O–H groups in total. The molecule has 7 rings (SSSR count). The number of hydrogen-bond donors (Lipinski definition) is 1. The first-order chi connectivity index (χ1) is 18.0. The van der Waals surface area contributed by atoms with Crippen LogP contribution in [0.15, 0.2) is 46.5 Å². The van der Waals surface area contributed by atoms with Crippen molar-refractivity contribution in [3.63, 3.8) is 0 Å². The van der Waals surface area contributed by atoms with Gasteiger partial charge in [0.2, 0.25) is 0 Å². The van der Waals surface area contributed by atoms with E-state index in [0.717, 1.165) is 66.4 Å². The van der Waals surface area contributed by atoms with Crippen LogP contribution in [0.25, 0.3) is 27.7 Å². The minimum atomic E-state index is -1.01. The number of carboxylic acid groups (broad SMARTS) is 1. The van der Waals surface area contributed by atoms with Gasteiger partial charge in [-0.3, -0.25) is 0 Å². The van der Waals surface area contributed by atoms with Crippen LogP contribution >= 0.6 is 11.3 Å². The third-order valence-corrected chi connectivity index (χ3v) is 9.24. The van der Waals surface area contributed by atoms with Gasteiger partial charge in [-0.1, -0.05) is 46.3 Å². The molecular formula is C29H28N4O3S. The monoisotopic (exact) mass is 512 g/mol. The van der Waals surface area contributed by atoms with E-state index < -0.39 is 5.97 Å². The number of allylic oxidation sites excluding steroid dienone is 1. The van der Waals surface area contributed by atoms with Crippen LogP contribution in [0.4, 0.5) is 5.13 Å². The summed E-state index contributed by atoms with van der Waals surface area (Å²) in [7, 11) is 0. The quantitative estimate of drug-likeness (QED) is 0.318. The van der Waals surface area contributed by atoms with Gasteiger partial charge in [0.05, 0.1) is 0 Å². The van der Waals surface area contributed by atoms with E-state index >= 15 is 0 Å². The lowest BCUT2D eigenvalue weighted by Gasteiger charge is -2.49. The molecule has 0 amide bonds. The second-order valence-corrected chi connectivity index (χ2v) is 11.8. The smallest absolute Gasteiger partial charge is 0.354 e. The normalized spacial score (nSPS) is 18.8. The highest BCUT2D eigenvalue weighted by Gasteiger charge is 2.43. The molecule has 37 heavy (non-hydrogen) atoms. The molecular weight excluding hydrogens is 484 g/mol. The zero-order chi connectivity index (χ0) is 25.1. The minimum absolute atomic E-state index is 0.0670. The number of rotatable bonds is 5. The van der Waals surface area contributed by atoms with Crippen LogP contribution in [0.1, 0.15) is 71.8 Å². The highest BCUT2D eigenvalue weighted by Crippen LogP contribution is 2.54. The van der Waals surface area contributed by atoms with Crippen LogP contribution in [0.2, 0.25) is 0 Å². The molecule has 0 bridgehead atoms. The largest absolute Gasteiger partial charge is 0.477 e. The number of anilines is 1. The standard InChI is InChI=1S/C29H28N4O3S/c1-17-4-2-3-5-20(17)24-21(25(36-32-24)19-6-7-19)14-18-15-29(16-18)10-12-33(13-11-29)28-31-22-8-9-23(27(34)35)30-26(22)37-28/h2-5,8-9,14,19H,6-7,10-13,15-16H2,1H3,(H,34,35). The first-order valence-corrected chi connectivity index (χ1v) is 13.8. The molecule has 7 nitrogen and oxygen atoms in total. The van der Waals surface area contributed by atoms with Gasteiger partial charge in [0.15, 0.2) is 5.13 Å². The number of hydrogen-bond acceptors (Lipinski definition) is 7. The van der Waals surface area contributed by atoms with Gasteiger partial charge < -0.3 is 14.5 Å². The van der Waals surface area contributed by atoms with Crippen LogP contribution < -0.4 is 4.90 Å². The number of fused-ring (bicyclic) bond motifs is 1. The molecule has 1 aliphatic heterocycles. The number of aromatic nitrogens is 3. The van der Waals surface area contributed by atoms with Crippen molar-refractivity contribution >= 4 is 38.9 Å². The Morgan fingerprint density at radius 2 is 1.92 bits per heavy atom. The van der Waals surface area contributed by atoms with Gasteiger partial charge in [-0.2, -0.15) is 0 Å². The first kappa shape index (κ1) is 22.7. The maximum Gasteiger partial charge on any atom is 0.354 e. The predicted octanol–water partition coefficient (Wildman–Crippen LogP) is 6.69. The highest BCUT2D eigenvalue weighted by atomic mass is 32.1. The Balaban J connectivity index is 1.07. The van der Waals surface area contributed by atoms with E-state index in [0.29, 0.717) is 16.2 Å². The van der Waals surface area contributed by atoms with E-state index in [1.807, 2.05) is 0 Å². The summed E-state index contributed by atoms with van der Waals surface area (Å²) >= 11 is 1.49. The molecule has 3 aromatic heterocycles. The van der Waals surface area contributed by atoms with Gasteiger partial charge in [0.1, 0.15) is 27.5 Å². The third-order valence-electron chi connectivity index (χ3n) is 8.21. The molecule has 1 spiro atoms. The fraction of sp³-hybridized carbons (Fsp3) is 0.379. The third kappa shape index (κ3) is 4.03. The molecule has 2 saturated carbocycles. The number of carbonyl (C=O) groups is 1. The SMILES string of the molecule is Cc1ccccc1-c1noc(C2CC2)c1C=C1CC2(CCN(c3nc4ccc(C(=O)O)nc4s3)CC2)C1.